The maximum atomic E-state index is 12.9. The van der Waals surface area contributed by atoms with E-state index in [1.165, 1.54) is 25.7 Å². The van der Waals surface area contributed by atoms with Crippen molar-refractivity contribution in [3.8, 4) is 0 Å². The van der Waals surface area contributed by atoms with Crippen LogP contribution < -0.4 is 0 Å². The molecule has 0 aromatic carbocycles. The van der Waals surface area contributed by atoms with E-state index >= 15 is 0 Å². The molecule has 134 valence electrons. The van der Waals surface area contributed by atoms with Crippen LogP contribution in [0.25, 0.3) is 0 Å². The van der Waals surface area contributed by atoms with Crippen LogP contribution in [0.5, 0.6) is 0 Å². The van der Waals surface area contributed by atoms with Crippen molar-refractivity contribution in [1.29, 1.82) is 0 Å². The third kappa shape index (κ3) is 2.76. The monoisotopic (exact) mass is 333 g/mol. The van der Waals surface area contributed by atoms with E-state index in [0.717, 1.165) is 49.9 Å². The second-order valence-electron chi connectivity index (χ2n) is 9.20. The van der Waals surface area contributed by atoms with Gasteiger partial charge >= 0.3 is 5.97 Å². The number of carbonyl (C=O) groups excluding carboxylic acids is 2. The van der Waals surface area contributed by atoms with E-state index in [4.69, 9.17) is 4.74 Å². The van der Waals surface area contributed by atoms with Gasteiger partial charge in [-0.15, -0.1) is 0 Å². The molecule has 5 rings (SSSR count). The lowest BCUT2D eigenvalue weighted by atomic mass is 9.49. The first kappa shape index (κ1) is 16.4. The van der Waals surface area contributed by atoms with Crippen molar-refractivity contribution in [1.82, 2.24) is 4.90 Å². The molecule has 4 saturated carbocycles. The number of ether oxygens (including phenoxy) is 1. The maximum Gasteiger partial charge on any atom is 0.312 e. The first-order valence-electron chi connectivity index (χ1n) is 9.95. The highest BCUT2D eigenvalue weighted by Gasteiger charge is 2.55. The van der Waals surface area contributed by atoms with Gasteiger partial charge in [0.1, 0.15) is 0 Å². The Balaban J connectivity index is 1.37. The van der Waals surface area contributed by atoms with Gasteiger partial charge in [-0.2, -0.15) is 0 Å². The molecule has 4 aliphatic carbocycles. The summed E-state index contributed by atoms with van der Waals surface area (Å²) in [6, 6.07) is 0.527. The molecule has 24 heavy (non-hydrogen) atoms. The Labute approximate surface area is 145 Å². The molecule has 0 unspecified atom stereocenters. The summed E-state index contributed by atoms with van der Waals surface area (Å²) in [6.07, 6.45) is 10.2. The molecule has 0 spiro atoms. The van der Waals surface area contributed by atoms with Crippen molar-refractivity contribution in [3.05, 3.63) is 0 Å². The van der Waals surface area contributed by atoms with Gasteiger partial charge < -0.3 is 9.64 Å². The van der Waals surface area contributed by atoms with Crippen LogP contribution in [0.4, 0.5) is 0 Å². The third-order valence-electron chi connectivity index (χ3n) is 7.28. The number of nitrogens with zero attached hydrogens (tertiary/aromatic N) is 1. The van der Waals surface area contributed by atoms with E-state index in [1.54, 1.807) is 0 Å². The number of piperidine rings is 1. The average Bonchev–Trinajstić information content (AvgIpc) is 2.51. The Bertz CT molecular complexity index is 484. The van der Waals surface area contributed by atoms with Crippen molar-refractivity contribution >= 4 is 11.9 Å². The van der Waals surface area contributed by atoms with Crippen LogP contribution in [0.2, 0.25) is 0 Å². The van der Waals surface area contributed by atoms with Crippen LogP contribution in [-0.4, -0.2) is 35.5 Å². The van der Waals surface area contributed by atoms with Crippen LogP contribution in [-0.2, 0) is 14.3 Å². The second-order valence-corrected chi connectivity index (χ2v) is 9.20. The third-order valence-corrected chi connectivity index (χ3v) is 7.28. The number of likely N-dealkylation sites (tertiary alicyclic amines) is 1. The topological polar surface area (TPSA) is 46.6 Å². The van der Waals surface area contributed by atoms with E-state index in [9.17, 15) is 9.59 Å². The fraction of sp³-hybridized carbons (Fsp3) is 0.900. The zero-order valence-electron chi connectivity index (χ0n) is 15.1. The number of hydrogen-bond donors (Lipinski definition) is 0. The number of hydrogen-bond acceptors (Lipinski definition) is 3. The lowest BCUT2D eigenvalue weighted by Crippen LogP contribution is -2.52. The van der Waals surface area contributed by atoms with E-state index in [1.807, 2.05) is 4.90 Å². The van der Waals surface area contributed by atoms with Crippen molar-refractivity contribution < 1.29 is 14.3 Å². The summed E-state index contributed by atoms with van der Waals surface area (Å²) in [4.78, 5) is 27.4. The summed E-state index contributed by atoms with van der Waals surface area (Å²) in [5.74, 6) is 2.09. The predicted octanol–water partition coefficient (Wildman–Crippen LogP) is 3.54. The molecule has 0 aromatic heterocycles. The van der Waals surface area contributed by atoms with E-state index in [2.05, 4.69) is 13.8 Å². The molecule has 1 amide bonds. The predicted molar refractivity (Wildman–Crippen MR) is 91.2 cm³/mol. The highest BCUT2D eigenvalue weighted by molar-refractivity contribution is 5.83. The molecular weight excluding hydrogens is 302 g/mol. The number of amides is 1. The minimum atomic E-state index is -0.256. The van der Waals surface area contributed by atoms with Gasteiger partial charge in [-0.05, 0) is 89.4 Å². The Morgan fingerprint density at radius 2 is 1.46 bits per heavy atom. The van der Waals surface area contributed by atoms with Gasteiger partial charge in [-0.3, -0.25) is 9.59 Å². The summed E-state index contributed by atoms with van der Waals surface area (Å²) >= 11 is 0. The first-order valence-corrected chi connectivity index (χ1v) is 9.95. The molecule has 1 heterocycles. The summed E-state index contributed by atoms with van der Waals surface area (Å²) in [7, 11) is 0. The molecule has 4 bridgehead atoms. The molecule has 4 heteroatoms. The van der Waals surface area contributed by atoms with Gasteiger partial charge in [0.2, 0.25) is 0 Å². The minimum absolute atomic E-state index is 0.00669. The molecule has 0 radical (unpaired) electrons. The smallest absolute Gasteiger partial charge is 0.312 e. The zero-order chi connectivity index (χ0) is 16.9. The van der Waals surface area contributed by atoms with Gasteiger partial charge in [0, 0.05) is 12.1 Å². The normalized spacial score (nSPS) is 43.8. The van der Waals surface area contributed by atoms with Crippen LogP contribution in [0, 0.1) is 23.2 Å². The maximum absolute atomic E-state index is 12.9. The molecule has 0 N–H and O–H groups in total. The van der Waals surface area contributed by atoms with Crippen molar-refractivity contribution in [2.75, 3.05) is 6.61 Å². The summed E-state index contributed by atoms with van der Waals surface area (Å²) in [5.41, 5.74) is -0.256. The highest BCUT2D eigenvalue weighted by atomic mass is 16.5. The van der Waals surface area contributed by atoms with E-state index in [-0.39, 0.29) is 36.0 Å². The molecule has 5 fully saturated rings. The molecule has 0 aromatic rings. The fourth-order valence-corrected chi connectivity index (χ4v) is 6.63. The molecular formula is C20H31NO3. The Hall–Kier alpha value is -1.06. The SMILES string of the molecule is C[C@@H]1CCC[C@@H](C)N1C(=O)COC(=O)C12CC3CC(CC(C3)C1)C2. The zero-order valence-corrected chi connectivity index (χ0v) is 15.1. The Morgan fingerprint density at radius 3 is 1.96 bits per heavy atom. The van der Waals surface area contributed by atoms with E-state index < -0.39 is 0 Å². The van der Waals surface area contributed by atoms with Crippen molar-refractivity contribution in [2.24, 2.45) is 23.2 Å². The highest BCUT2D eigenvalue weighted by Crippen LogP contribution is 2.60. The Morgan fingerprint density at radius 1 is 0.958 bits per heavy atom. The van der Waals surface area contributed by atoms with Gasteiger partial charge in [-0.1, -0.05) is 0 Å². The van der Waals surface area contributed by atoms with Gasteiger partial charge in [0.05, 0.1) is 5.41 Å². The summed E-state index contributed by atoms with van der Waals surface area (Å²) in [6.45, 7) is 4.15. The number of esters is 1. The lowest BCUT2D eigenvalue weighted by molar-refractivity contribution is -0.175. The van der Waals surface area contributed by atoms with Crippen LogP contribution >= 0.6 is 0 Å². The van der Waals surface area contributed by atoms with E-state index in [0.29, 0.717) is 0 Å². The molecule has 1 aliphatic heterocycles. The van der Waals surface area contributed by atoms with Gasteiger partial charge in [-0.25, -0.2) is 0 Å². The van der Waals surface area contributed by atoms with Gasteiger partial charge in [0.15, 0.2) is 6.61 Å². The van der Waals surface area contributed by atoms with Crippen LogP contribution in [0.1, 0.15) is 71.6 Å². The summed E-state index contributed by atoms with van der Waals surface area (Å²) in [5, 5.41) is 0. The molecule has 2 atom stereocenters. The van der Waals surface area contributed by atoms with Crippen LogP contribution in [0.15, 0.2) is 0 Å². The fourth-order valence-electron chi connectivity index (χ4n) is 6.63. The lowest BCUT2D eigenvalue weighted by Gasteiger charge is -2.55. The molecule has 5 aliphatic rings. The Kier molecular flexibility index (Phi) is 4.12. The van der Waals surface area contributed by atoms with Crippen molar-refractivity contribution in [2.45, 2.75) is 83.7 Å². The molecule has 4 nitrogen and oxygen atoms in total. The van der Waals surface area contributed by atoms with Gasteiger partial charge in [0.25, 0.3) is 5.91 Å². The largest absolute Gasteiger partial charge is 0.455 e. The summed E-state index contributed by atoms with van der Waals surface area (Å²) < 4.78 is 5.61. The second kappa shape index (κ2) is 6.03. The average molecular weight is 333 g/mol. The standard InChI is InChI=1S/C20H31NO3/c1-13-4-3-5-14(2)21(13)18(22)12-24-19(23)20-9-15-6-16(10-20)8-17(7-15)11-20/h13-17H,3-12H2,1-2H3/t13-,14-,15?,16?,17?,20?/m1/s1. The minimum Gasteiger partial charge on any atom is -0.455 e. The number of rotatable bonds is 3. The number of carbonyl (C=O) groups is 2. The van der Waals surface area contributed by atoms with Crippen LogP contribution in [0.3, 0.4) is 0 Å². The molecule has 1 saturated heterocycles. The van der Waals surface area contributed by atoms with Crippen molar-refractivity contribution in [3.63, 3.8) is 0 Å². The first-order chi connectivity index (χ1) is 11.5. The quantitative estimate of drug-likeness (QED) is 0.742.